The average Bonchev–Trinajstić information content (AvgIpc) is 3.16. The Morgan fingerprint density at radius 1 is 1.09 bits per heavy atom. The molecule has 1 atom stereocenters. The largest absolute Gasteiger partial charge is 0.465 e. The maximum absolute atomic E-state index is 13.3. The number of rotatable bonds is 7. The van der Waals surface area contributed by atoms with Crippen molar-refractivity contribution >= 4 is 17.7 Å². The SMILES string of the molecule is Cn1nccc1-c1cccc(NC(=O)C(Cc2ccccc2)CN(C(=O)O)C(C)(C)C)c1. The topological polar surface area (TPSA) is 87.5 Å². The van der Waals surface area contributed by atoms with Crippen LogP contribution in [-0.2, 0) is 18.3 Å². The third kappa shape index (κ3) is 5.75. The van der Waals surface area contributed by atoms with E-state index in [2.05, 4.69) is 10.4 Å². The lowest BCUT2D eigenvalue weighted by Crippen LogP contribution is -2.49. The molecule has 1 unspecified atom stereocenters. The minimum absolute atomic E-state index is 0.0982. The zero-order chi connectivity index (χ0) is 23.3. The predicted molar refractivity (Wildman–Crippen MR) is 125 cm³/mol. The highest BCUT2D eigenvalue weighted by Crippen LogP contribution is 2.24. The number of aromatic nitrogens is 2. The van der Waals surface area contributed by atoms with Crippen LogP contribution in [0, 0.1) is 5.92 Å². The van der Waals surface area contributed by atoms with Crippen LogP contribution < -0.4 is 5.32 Å². The van der Waals surface area contributed by atoms with Crippen molar-refractivity contribution < 1.29 is 14.7 Å². The van der Waals surface area contributed by atoms with E-state index >= 15 is 0 Å². The second-order valence-corrected chi connectivity index (χ2v) is 8.86. The molecular formula is C25H30N4O3. The zero-order valence-corrected chi connectivity index (χ0v) is 18.9. The fraction of sp³-hybridized carbons (Fsp3) is 0.320. The van der Waals surface area contributed by atoms with Crippen LogP contribution in [0.5, 0.6) is 0 Å². The Bertz CT molecular complexity index is 1070. The first-order chi connectivity index (χ1) is 15.1. The van der Waals surface area contributed by atoms with Crippen molar-refractivity contribution in [3.63, 3.8) is 0 Å². The molecular weight excluding hydrogens is 404 g/mol. The van der Waals surface area contributed by atoms with Crippen LogP contribution in [0.25, 0.3) is 11.3 Å². The number of amides is 2. The molecule has 168 valence electrons. The molecule has 0 aliphatic rings. The van der Waals surface area contributed by atoms with Crippen LogP contribution in [0.3, 0.4) is 0 Å². The van der Waals surface area contributed by atoms with Gasteiger partial charge in [0.2, 0.25) is 5.91 Å². The number of nitrogens with zero attached hydrogens (tertiary/aromatic N) is 3. The summed E-state index contributed by atoms with van der Waals surface area (Å²) in [4.78, 5) is 26.6. The van der Waals surface area contributed by atoms with E-state index in [0.29, 0.717) is 12.1 Å². The van der Waals surface area contributed by atoms with E-state index in [0.717, 1.165) is 16.8 Å². The van der Waals surface area contributed by atoms with Gasteiger partial charge < -0.3 is 15.3 Å². The van der Waals surface area contributed by atoms with Gasteiger partial charge in [-0.25, -0.2) is 4.79 Å². The molecule has 0 saturated heterocycles. The van der Waals surface area contributed by atoms with Crippen molar-refractivity contribution in [1.82, 2.24) is 14.7 Å². The maximum atomic E-state index is 13.3. The number of carbonyl (C=O) groups excluding carboxylic acids is 1. The highest BCUT2D eigenvalue weighted by Gasteiger charge is 2.31. The third-order valence-corrected chi connectivity index (χ3v) is 5.39. The van der Waals surface area contributed by atoms with Crippen LogP contribution in [0.1, 0.15) is 26.3 Å². The third-order valence-electron chi connectivity index (χ3n) is 5.39. The number of aryl methyl sites for hydroxylation is 1. The number of anilines is 1. The van der Waals surface area contributed by atoms with Gasteiger partial charge in [0.05, 0.1) is 11.6 Å². The summed E-state index contributed by atoms with van der Waals surface area (Å²) in [5.74, 6) is -0.764. The molecule has 0 radical (unpaired) electrons. The fourth-order valence-electron chi connectivity index (χ4n) is 3.66. The molecule has 2 N–H and O–H groups in total. The van der Waals surface area contributed by atoms with Gasteiger partial charge in [0.15, 0.2) is 0 Å². The Morgan fingerprint density at radius 2 is 1.81 bits per heavy atom. The van der Waals surface area contributed by atoms with Crippen molar-refractivity contribution in [2.75, 3.05) is 11.9 Å². The van der Waals surface area contributed by atoms with Crippen molar-refractivity contribution in [2.24, 2.45) is 13.0 Å². The number of hydrogen-bond donors (Lipinski definition) is 2. The van der Waals surface area contributed by atoms with E-state index in [-0.39, 0.29) is 12.5 Å². The summed E-state index contributed by atoms with van der Waals surface area (Å²) in [6.45, 7) is 5.59. The first-order valence-electron chi connectivity index (χ1n) is 10.6. The second-order valence-electron chi connectivity index (χ2n) is 8.86. The first-order valence-corrected chi connectivity index (χ1v) is 10.6. The van der Waals surface area contributed by atoms with Gasteiger partial charge in [0.25, 0.3) is 0 Å². The smallest absolute Gasteiger partial charge is 0.407 e. The quantitative estimate of drug-likeness (QED) is 0.566. The molecule has 3 rings (SSSR count). The minimum atomic E-state index is -1.04. The number of benzene rings is 2. The molecule has 2 aromatic carbocycles. The molecule has 2 amide bonds. The van der Waals surface area contributed by atoms with Crippen LogP contribution in [0.15, 0.2) is 66.9 Å². The molecule has 1 aromatic heterocycles. The Hall–Kier alpha value is -3.61. The highest BCUT2D eigenvalue weighted by atomic mass is 16.4. The summed E-state index contributed by atoms with van der Waals surface area (Å²) >= 11 is 0. The molecule has 3 aromatic rings. The number of hydrogen-bond acceptors (Lipinski definition) is 3. The molecule has 7 heteroatoms. The van der Waals surface area contributed by atoms with E-state index < -0.39 is 17.6 Å². The molecule has 32 heavy (non-hydrogen) atoms. The number of nitrogens with one attached hydrogen (secondary N) is 1. The first kappa shape index (κ1) is 23.1. The fourth-order valence-corrected chi connectivity index (χ4v) is 3.66. The summed E-state index contributed by atoms with van der Waals surface area (Å²) in [6, 6.07) is 19.1. The normalized spacial score (nSPS) is 12.2. The lowest BCUT2D eigenvalue weighted by atomic mass is 9.95. The van der Waals surface area contributed by atoms with Crippen molar-refractivity contribution in [1.29, 1.82) is 0 Å². The maximum Gasteiger partial charge on any atom is 0.407 e. The zero-order valence-electron chi connectivity index (χ0n) is 18.9. The molecule has 0 bridgehead atoms. The summed E-state index contributed by atoms with van der Waals surface area (Å²) in [5, 5.41) is 16.9. The van der Waals surface area contributed by atoms with Crippen LogP contribution in [-0.4, -0.2) is 43.9 Å². The molecule has 0 saturated carbocycles. The molecule has 0 aliphatic carbocycles. The Morgan fingerprint density at radius 3 is 2.41 bits per heavy atom. The van der Waals surface area contributed by atoms with Gasteiger partial charge in [-0.1, -0.05) is 42.5 Å². The van der Waals surface area contributed by atoms with Gasteiger partial charge in [-0.15, -0.1) is 0 Å². The van der Waals surface area contributed by atoms with E-state index in [1.165, 1.54) is 4.90 Å². The van der Waals surface area contributed by atoms with Crippen LogP contribution in [0.4, 0.5) is 10.5 Å². The van der Waals surface area contributed by atoms with Gasteiger partial charge in [0, 0.05) is 36.6 Å². The van der Waals surface area contributed by atoms with Crippen LogP contribution >= 0.6 is 0 Å². The number of carbonyl (C=O) groups is 2. The summed E-state index contributed by atoms with van der Waals surface area (Å²) in [7, 11) is 1.86. The average molecular weight is 435 g/mol. The van der Waals surface area contributed by atoms with Gasteiger partial charge in [-0.2, -0.15) is 5.10 Å². The highest BCUT2D eigenvalue weighted by molar-refractivity contribution is 5.93. The van der Waals surface area contributed by atoms with E-state index in [1.54, 1.807) is 10.9 Å². The minimum Gasteiger partial charge on any atom is -0.465 e. The number of carboxylic acid groups (broad SMARTS) is 1. The lowest BCUT2D eigenvalue weighted by Gasteiger charge is -2.35. The van der Waals surface area contributed by atoms with Crippen molar-refractivity contribution in [2.45, 2.75) is 32.7 Å². The monoisotopic (exact) mass is 434 g/mol. The van der Waals surface area contributed by atoms with Gasteiger partial charge >= 0.3 is 6.09 Å². The van der Waals surface area contributed by atoms with E-state index in [1.807, 2.05) is 88.5 Å². The Labute approximate surface area is 188 Å². The molecule has 1 heterocycles. The van der Waals surface area contributed by atoms with E-state index in [4.69, 9.17) is 0 Å². The molecule has 0 aliphatic heterocycles. The summed E-state index contributed by atoms with van der Waals surface area (Å²) in [6.07, 6.45) is 1.12. The Kier molecular flexibility index (Phi) is 6.98. The molecule has 0 fully saturated rings. The van der Waals surface area contributed by atoms with E-state index in [9.17, 15) is 14.7 Å². The second kappa shape index (κ2) is 9.68. The summed E-state index contributed by atoms with van der Waals surface area (Å²) in [5.41, 5.74) is 2.89. The van der Waals surface area contributed by atoms with Gasteiger partial charge in [-0.05, 0) is 51.0 Å². The molecule has 0 spiro atoms. The summed E-state index contributed by atoms with van der Waals surface area (Å²) < 4.78 is 1.77. The van der Waals surface area contributed by atoms with Crippen molar-refractivity contribution in [3.8, 4) is 11.3 Å². The lowest BCUT2D eigenvalue weighted by molar-refractivity contribution is -0.120. The standard InChI is InChI=1S/C25H30N4O3/c1-25(2,3)29(24(31)32)17-20(15-18-9-6-5-7-10-18)23(30)27-21-12-8-11-19(16-21)22-13-14-26-28(22)4/h5-14,16,20H,15,17H2,1-4H3,(H,27,30)(H,31,32). The van der Waals surface area contributed by atoms with Gasteiger partial charge in [0.1, 0.15) is 0 Å². The Balaban J connectivity index is 1.85. The molecule has 7 nitrogen and oxygen atoms in total. The van der Waals surface area contributed by atoms with Crippen LogP contribution in [0.2, 0.25) is 0 Å². The van der Waals surface area contributed by atoms with Crippen molar-refractivity contribution in [3.05, 3.63) is 72.4 Å². The van der Waals surface area contributed by atoms with Gasteiger partial charge in [-0.3, -0.25) is 9.48 Å². The predicted octanol–water partition coefficient (Wildman–Crippen LogP) is 4.66.